The second-order valence-corrected chi connectivity index (χ2v) is 7.49. The first-order valence-electron chi connectivity index (χ1n) is 10.7. The Bertz CT molecular complexity index is 982. The zero-order valence-electron chi connectivity index (χ0n) is 18.7. The van der Waals surface area contributed by atoms with Crippen LogP contribution in [0.3, 0.4) is 0 Å². The van der Waals surface area contributed by atoms with Gasteiger partial charge >= 0.3 is 0 Å². The van der Waals surface area contributed by atoms with E-state index in [0.717, 1.165) is 12.0 Å². The maximum atomic E-state index is 13.0. The minimum atomic E-state index is -0.710. The van der Waals surface area contributed by atoms with Crippen LogP contribution in [-0.4, -0.2) is 55.7 Å². The lowest BCUT2D eigenvalue weighted by atomic mass is 9.95. The van der Waals surface area contributed by atoms with E-state index in [4.69, 9.17) is 14.2 Å². The average Bonchev–Trinajstić information content (AvgIpc) is 3.07. The minimum absolute atomic E-state index is 0.0582. The molecule has 7 nitrogen and oxygen atoms in total. The van der Waals surface area contributed by atoms with Gasteiger partial charge in [-0.1, -0.05) is 31.2 Å². The summed E-state index contributed by atoms with van der Waals surface area (Å²) in [5, 5.41) is 11.1. The molecule has 1 heterocycles. The van der Waals surface area contributed by atoms with E-state index >= 15 is 0 Å². The number of nitrogens with zero attached hydrogens (tertiary/aromatic N) is 1. The standard InChI is InChI=1S/C25H29NO6/c1-4-14-32-19-11-9-17(10-12-19)22-21(23(27)18-7-5-8-20(16-18)31-3)24(28)25(29)26(22)13-6-15-30-2/h5,7-12,16,22,27H,4,6,13-15H2,1-3H3/b23-21+. The molecule has 1 unspecified atom stereocenters. The average molecular weight is 440 g/mol. The zero-order chi connectivity index (χ0) is 23.1. The lowest BCUT2D eigenvalue weighted by molar-refractivity contribution is -0.140. The molecule has 2 aromatic carbocycles. The summed E-state index contributed by atoms with van der Waals surface area (Å²) in [6.07, 6.45) is 1.46. The van der Waals surface area contributed by atoms with Crippen molar-refractivity contribution in [3.63, 3.8) is 0 Å². The van der Waals surface area contributed by atoms with E-state index in [1.54, 1.807) is 31.4 Å². The highest BCUT2D eigenvalue weighted by atomic mass is 16.5. The number of benzene rings is 2. The van der Waals surface area contributed by atoms with Crippen molar-refractivity contribution in [1.82, 2.24) is 4.90 Å². The Morgan fingerprint density at radius 3 is 2.44 bits per heavy atom. The Balaban J connectivity index is 2.06. The van der Waals surface area contributed by atoms with E-state index in [9.17, 15) is 14.7 Å². The molecule has 0 aromatic heterocycles. The molecule has 1 amide bonds. The molecule has 1 atom stereocenters. The van der Waals surface area contributed by atoms with Crippen LogP contribution in [0, 0.1) is 0 Å². The van der Waals surface area contributed by atoms with E-state index in [1.807, 2.05) is 31.2 Å². The molecule has 0 bridgehead atoms. The number of ether oxygens (including phenoxy) is 3. The van der Waals surface area contributed by atoms with Crippen LogP contribution < -0.4 is 9.47 Å². The monoisotopic (exact) mass is 439 g/mol. The third kappa shape index (κ3) is 4.94. The Kier molecular flexibility index (Phi) is 7.89. The molecule has 7 heteroatoms. The summed E-state index contributed by atoms with van der Waals surface area (Å²) in [6, 6.07) is 13.3. The summed E-state index contributed by atoms with van der Waals surface area (Å²) < 4.78 is 16.0. The smallest absolute Gasteiger partial charge is 0.295 e. The number of carbonyl (C=O) groups excluding carboxylic acids is 2. The van der Waals surface area contributed by atoms with Crippen molar-refractivity contribution in [2.45, 2.75) is 25.8 Å². The van der Waals surface area contributed by atoms with Crippen LogP contribution in [0.2, 0.25) is 0 Å². The van der Waals surface area contributed by atoms with Gasteiger partial charge in [-0.25, -0.2) is 0 Å². The quantitative estimate of drug-likeness (QED) is 0.261. The van der Waals surface area contributed by atoms with Gasteiger partial charge in [-0.3, -0.25) is 9.59 Å². The summed E-state index contributed by atoms with van der Waals surface area (Å²) in [4.78, 5) is 27.4. The first-order valence-corrected chi connectivity index (χ1v) is 10.7. The topological polar surface area (TPSA) is 85.3 Å². The van der Waals surface area contributed by atoms with Gasteiger partial charge in [0.25, 0.3) is 11.7 Å². The van der Waals surface area contributed by atoms with Crippen molar-refractivity contribution in [3.05, 3.63) is 65.2 Å². The van der Waals surface area contributed by atoms with E-state index in [2.05, 4.69) is 0 Å². The molecule has 0 aliphatic carbocycles. The Morgan fingerprint density at radius 2 is 1.78 bits per heavy atom. The number of Topliss-reactive ketones (excluding diaryl/α,β-unsaturated/α-hetero) is 1. The maximum Gasteiger partial charge on any atom is 0.295 e. The molecule has 32 heavy (non-hydrogen) atoms. The van der Waals surface area contributed by atoms with E-state index in [1.165, 1.54) is 12.0 Å². The van der Waals surface area contributed by atoms with Crippen LogP contribution in [0.25, 0.3) is 5.76 Å². The summed E-state index contributed by atoms with van der Waals surface area (Å²) in [7, 11) is 3.11. The summed E-state index contributed by atoms with van der Waals surface area (Å²) in [5.74, 6) is -0.328. The number of ketones is 1. The molecule has 0 saturated carbocycles. The number of likely N-dealkylation sites (tertiary alicyclic amines) is 1. The van der Waals surface area contributed by atoms with Crippen LogP contribution in [0.1, 0.15) is 36.9 Å². The Hall–Kier alpha value is -3.32. The van der Waals surface area contributed by atoms with Crippen molar-refractivity contribution in [2.75, 3.05) is 34.0 Å². The molecule has 1 aliphatic rings. The lowest BCUT2D eigenvalue weighted by Gasteiger charge is -2.25. The SMILES string of the molecule is CCCOc1ccc(C2/C(=C(\O)c3cccc(OC)c3)C(=O)C(=O)N2CCCOC)cc1. The van der Waals surface area contributed by atoms with Crippen LogP contribution >= 0.6 is 0 Å². The molecular weight excluding hydrogens is 410 g/mol. The largest absolute Gasteiger partial charge is 0.507 e. The number of carbonyl (C=O) groups is 2. The lowest BCUT2D eigenvalue weighted by Crippen LogP contribution is -2.31. The molecule has 3 rings (SSSR count). The fourth-order valence-corrected chi connectivity index (χ4v) is 3.73. The Morgan fingerprint density at radius 1 is 1.03 bits per heavy atom. The number of aliphatic hydroxyl groups is 1. The fourth-order valence-electron chi connectivity index (χ4n) is 3.73. The molecule has 0 radical (unpaired) electrons. The van der Waals surface area contributed by atoms with Crippen LogP contribution in [0.5, 0.6) is 11.5 Å². The highest BCUT2D eigenvalue weighted by Gasteiger charge is 2.45. The predicted molar refractivity (Wildman–Crippen MR) is 121 cm³/mol. The number of rotatable bonds is 10. The molecule has 1 aliphatic heterocycles. The van der Waals surface area contributed by atoms with E-state index in [-0.39, 0.29) is 11.3 Å². The highest BCUT2D eigenvalue weighted by molar-refractivity contribution is 6.46. The van der Waals surface area contributed by atoms with Gasteiger partial charge in [0.2, 0.25) is 0 Å². The maximum absolute atomic E-state index is 13.0. The van der Waals surface area contributed by atoms with Crippen molar-refractivity contribution in [3.8, 4) is 11.5 Å². The number of methoxy groups -OCH3 is 2. The van der Waals surface area contributed by atoms with Crippen LogP contribution in [-0.2, 0) is 14.3 Å². The molecule has 2 aromatic rings. The second-order valence-electron chi connectivity index (χ2n) is 7.49. The molecule has 1 fully saturated rings. The second kappa shape index (κ2) is 10.8. The van der Waals surface area contributed by atoms with Crippen molar-refractivity contribution >= 4 is 17.4 Å². The number of amides is 1. The van der Waals surface area contributed by atoms with E-state index < -0.39 is 17.7 Å². The third-order valence-corrected chi connectivity index (χ3v) is 5.30. The molecule has 1 saturated heterocycles. The van der Waals surface area contributed by atoms with E-state index in [0.29, 0.717) is 43.2 Å². The fraction of sp³-hybridized carbons (Fsp3) is 0.360. The minimum Gasteiger partial charge on any atom is -0.507 e. The van der Waals surface area contributed by atoms with Gasteiger partial charge < -0.3 is 24.2 Å². The Labute approximate surface area is 188 Å². The van der Waals surface area contributed by atoms with Gasteiger partial charge in [0.05, 0.1) is 25.3 Å². The number of hydrogen-bond donors (Lipinski definition) is 1. The third-order valence-electron chi connectivity index (χ3n) is 5.30. The zero-order valence-corrected chi connectivity index (χ0v) is 18.7. The summed E-state index contributed by atoms with van der Waals surface area (Å²) in [6.45, 7) is 3.41. The first-order chi connectivity index (χ1) is 15.5. The van der Waals surface area contributed by atoms with Gasteiger partial charge in [-0.2, -0.15) is 0 Å². The summed E-state index contributed by atoms with van der Waals surface area (Å²) >= 11 is 0. The number of aliphatic hydroxyl groups excluding tert-OH is 1. The van der Waals surface area contributed by atoms with Crippen molar-refractivity contribution in [2.24, 2.45) is 0 Å². The van der Waals surface area contributed by atoms with Crippen LogP contribution in [0.15, 0.2) is 54.1 Å². The first kappa shape index (κ1) is 23.3. The van der Waals surface area contributed by atoms with Crippen molar-refractivity contribution < 1.29 is 28.9 Å². The summed E-state index contributed by atoms with van der Waals surface area (Å²) in [5.41, 5.74) is 1.19. The van der Waals surface area contributed by atoms with Crippen LogP contribution in [0.4, 0.5) is 0 Å². The predicted octanol–water partition coefficient (Wildman–Crippen LogP) is 3.94. The van der Waals surface area contributed by atoms with Gasteiger partial charge in [-0.15, -0.1) is 0 Å². The molecular formula is C25H29NO6. The van der Waals surface area contributed by atoms with Gasteiger partial charge in [-0.05, 0) is 42.7 Å². The van der Waals surface area contributed by atoms with Crippen molar-refractivity contribution in [1.29, 1.82) is 0 Å². The van der Waals surface area contributed by atoms with Gasteiger partial charge in [0.15, 0.2) is 0 Å². The normalized spacial score (nSPS) is 17.6. The highest BCUT2D eigenvalue weighted by Crippen LogP contribution is 2.40. The number of hydrogen-bond acceptors (Lipinski definition) is 6. The molecule has 0 spiro atoms. The van der Waals surface area contributed by atoms with Gasteiger partial charge in [0, 0.05) is 25.8 Å². The molecule has 1 N–H and O–H groups in total. The molecule has 170 valence electrons. The van der Waals surface area contributed by atoms with Gasteiger partial charge in [0.1, 0.15) is 17.3 Å².